The van der Waals surface area contributed by atoms with E-state index in [2.05, 4.69) is 34.2 Å². The molecule has 0 aliphatic carbocycles. The van der Waals surface area contributed by atoms with E-state index in [0.717, 1.165) is 29.6 Å². The van der Waals surface area contributed by atoms with Gasteiger partial charge in [0.25, 0.3) is 0 Å². The fraction of sp³-hybridized carbons (Fsp3) is 0.625. The summed E-state index contributed by atoms with van der Waals surface area (Å²) in [5.74, 6) is 0.915. The average molecular weight is 360 g/mol. The molecule has 0 aromatic heterocycles. The molecule has 1 atom stereocenters. The van der Waals surface area contributed by atoms with E-state index < -0.39 is 0 Å². The van der Waals surface area contributed by atoms with E-state index in [1.807, 2.05) is 12.1 Å². The van der Waals surface area contributed by atoms with Gasteiger partial charge < -0.3 is 19.5 Å². The molecule has 0 amide bonds. The molecule has 0 heterocycles. The van der Waals surface area contributed by atoms with E-state index in [1.54, 1.807) is 14.2 Å². The predicted molar refractivity (Wildman–Crippen MR) is 89.2 cm³/mol. The van der Waals surface area contributed by atoms with Crippen LogP contribution in [0.1, 0.15) is 18.9 Å². The average Bonchev–Trinajstić information content (AvgIpc) is 2.49. The Bertz CT molecular complexity index is 401. The minimum Gasteiger partial charge on any atom is -0.496 e. The Morgan fingerprint density at radius 2 is 2.05 bits per heavy atom. The van der Waals surface area contributed by atoms with Crippen LogP contribution in [-0.4, -0.2) is 46.6 Å². The molecule has 0 fully saturated rings. The zero-order valence-electron chi connectivity index (χ0n) is 13.2. The topological polar surface area (TPSA) is 39.7 Å². The van der Waals surface area contributed by atoms with Gasteiger partial charge in [0.15, 0.2) is 0 Å². The van der Waals surface area contributed by atoms with Gasteiger partial charge in [0, 0.05) is 17.6 Å². The highest BCUT2D eigenvalue weighted by Gasteiger charge is 2.13. The fourth-order valence-electron chi connectivity index (χ4n) is 2.08. The van der Waals surface area contributed by atoms with E-state index in [0.29, 0.717) is 19.8 Å². The molecule has 0 bridgehead atoms. The first-order valence-corrected chi connectivity index (χ1v) is 8.13. The van der Waals surface area contributed by atoms with Gasteiger partial charge in [-0.25, -0.2) is 0 Å². The lowest BCUT2D eigenvalue weighted by Crippen LogP contribution is -2.36. The standard InChI is InChI=1S/C16H26BrNO3/c1-4-7-18-15(12-21-9-8-19-2)11-13-10-14(17)5-6-16(13)20-3/h5-6,10,15,18H,4,7-9,11-12H2,1-3H3. The van der Waals surface area contributed by atoms with Crippen molar-refractivity contribution in [1.29, 1.82) is 0 Å². The summed E-state index contributed by atoms with van der Waals surface area (Å²) in [6.07, 6.45) is 1.97. The summed E-state index contributed by atoms with van der Waals surface area (Å²) in [7, 11) is 3.39. The van der Waals surface area contributed by atoms with Crippen LogP contribution in [0.4, 0.5) is 0 Å². The van der Waals surface area contributed by atoms with Crippen LogP contribution in [0.5, 0.6) is 5.75 Å². The third kappa shape index (κ3) is 7.27. The number of nitrogens with one attached hydrogen (secondary N) is 1. The fourth-order valence-corrected chi connectivity index (χ4v) is 2.49. The molecule has 0 saturated carbocycles. The van der Waals surface area contributed by atoms with Gasteiger partial charge in [-0.2, -0.15) is 0 Å². The van der Waals surface area contributed by atoms with E-state index in [4.69, 9.17) is 14.2 Å². The molecule has 0 radical (unpaired) electrons. The van der Waals surface area contributed by atoms with E-state index in [-0.39, 0.29) is 6.04 Å². The van der Waals surface area contributed by atoms with Crippen molar-refractivity contribution in [2.45, 2.75) is 25.8 Å². The number of methoxy groups -OCH3 is 2. The number of ether oxygens (including phenoxy) is 3. The first-order chi connectivity index (χ1) is 10.2. The summed E-state index contributed by atoms with van der Waals surface area (Å²) in [5, 5.41) is 3.53. The van der Waals surface area contributed by atoms with Crippen LogP contribution in [-0.2, 0) is 15.9 Å². The van der Waals surface area contributed by atoms with Gasteiger partial charge in [0.2, 0.25) is 0 Å². The maximum atomic E-state index is 5.67. The monoisotopic (exact) mass is 359 g/mol. The summed E-state index contributed by atoms with van der Waals surface area (Å²) >= 11 is 3.52. The second-order valence-electron chi connectivity index (χ2n) is 4.88. The van der Waals surface area contributed by atoms with Gasteiger partial charge in [0.05, 0.1) is 26.9 Å². The largest absolute Gasteiger partial charge is 0.496 e. The van der Waals surface area contributed by atoms with Gasteiger partial charge in [0.1, 0.15) is 5.75 Å². The normalized spacial score (nSPS) is 12.4. The number of rotatable bonds is 11. The maximum Gasteiger partial charge on any atom is 0.122 e. The third-order valence-corrected chi connectivity index (χ3v) is 3.64. The molecule has 0 aliphatic rings. The second-order valence-corrected chi connectivity index (χ2v) is 5.79. The van der Waals surface area contributed by atoms with Crippen LogP contribution in [0.25, 0.3) is 0 Å². The summed E-state index contributed by atoms with van der Waals surface area (Å²) in [5.41, 5.74) is 1.18. The summed E-state index contributed by atoms with van der Waals surface area (Å²) in [6, 6.07) is 6.35. The van der Waals surface area contributed by atoms with Crippen molar-refractivity contribution < 1.29 is 14.2 Å². The Balaban J connectivity index is 2.63. The Morgan fingerprint density at radius 1 is 1.24 bits per heavy atom. The van der Waals surface area contributed by atoms with Crippen molar-refractivity contribution in [3.05, 3.63) is 28.2 Å². The lowest BCUT2D eigenvalue weighted by molar-refractivity contribution is 0.0586. The summed E-state index contributed by atoms with van der Waals surface area (Å²) in [6.45, 7) is 5.06. The molecule has 0 saturated heterocycles. The van der Waals surface area contributed by atoms with Gasteiger partial charge in [-0.1, -0.05) is 22.9 Å². The van der Waals surface area contributed by atoms with Crippen molar-refractivity contribution in [3.8, 4) is 5.75 Å². The van der Waals surface area contributed by atoms with Crippen molar-refractivity contribution in [2.75, 3.05) is 40.6 Å². The van der Waals surface area contributed by atoms with Gasteiger partial charge in [-0.05, 0) is 43.1 Å². The van der Waals surface area contributed by atoms with Gasteiger partial charge >= 0.3 is 0 Å². The molecule has 1 rings (SSSR count). The number of benzene rings is 1. The quantitative estimate of drug-likeness (QED) is 0.616. The van der Waals surface area contributed by atoms with Crippen molar-refractivity contribution in [1.82, 2.24) is 5.32 Å². The van der Waals surface area contributed by atoms with Crippen LogP contribution in [0.15, 0.2) is 22.7 Å². The smallest absolute Gasteiger partial charge is 0.122 e. The van der Waals surface area contributed by atoms with Crippen LogP contribution in [0.3, 0.4) is 0 Å². The second kappa shape index (κ2) is 11.0. The summed E-state index contributed by atoms with van der Waals surface area (Å²) in [4.78, 5) is 0. The molecule has 21 heavy (non-hydrogen) atoms. The van der Waals surface area contributed by atoms with Crippen LogP contribution in [0, 0.1) is 0 Å². The zero-order chi connectivity index (χ0) is 15.5. The molecule has 1 aromatic carbocycles. The predicted octanol–water partition coefficient (Wildman–Crippen LogP) is 3.03. The molecule has 0 spiro atoms. The van der Waals surface area contributed by atoms with Crippen LogP contribution in [0.2, 0.25) is 0 Å². The molecule has 5 heteroatoms. The molecule has 1 aromatic rings. The lowest BCUT2D eigenvalue weighted by atomic mass is 10.1. The maximum absolute atomic E-state index is 5.67. The highest BCUT2D eigenvalue weighted by atomic mass is 79.9. The van der Waals surface area contributed by atoms with Crippen molar-refractivity contribution in [2.24, 2.45) is 0 Å². The molecule has 0 aliphatic heterocycles. The number of hydrogen-bond donors (Lipinski definition) is 1. The zero-order valence-corrected chi connectivity index (χ0v) is 14.7. The lowest BCUT2D eigenvalue weighted by Gasteiger charge is -2.20. The Labute approximate surface area is 136 Å². The molecule has 1 N–H and O–H groups in total. The molecule has 120 valence electrons. The number of halogens is 1. The summed E-state index contributed by atoms with van der Waals surface area (Å²) < 4.78 is 17.2. The van der Waals surface area contributed by atoms with Gasteiger partial charge in [-0.3, -0.25) is 0 Å². The van der Waals surface area contributed by atoms with E-state index >= 15 is 0 Å². The molecular weight excluding hydrogens is 334 g/mol. The van der Waals surface area contributed by atoms with Crippen LogP contribution < -0.4 is 10.1 Å². The minimum absolute atomic E-state index is 0.269. The minimum atomic E-state index is 0.269. The first kappa shape index (κ1) is 18.4. The first-order valence-electron chi connectivity index (χ1n) is 7.33. The number of hydrogen-bond acceptors (Lipinski definition) is 4. The van der Waals surface area contributed by atoms with Gasteiger partial charge in [-0.15, -0.1) is 0 Å². The van der Waals surface area contributed by atoms with Crippen molar-refractivity contribution in [3.63, 3.8) is 0 Å². The third-order valence-electron chi connectivity index (χ3n) is 3.14. The Morgan fingerprint density at radius 3 is 2.71 bits per heavy atom. The van der Waals surface area contributed by atoms with E-state index in [9.17, 15) is 0 Å². The highest BCUT2D eigenvalue weighted by molar-refractivity contribution is 9.10. The van der Waals surface area contributed by atoms with Crippen molar-refractivity contribution >= 4 is 15.9 Å². The van der Waals surface area contributed by atoms with Crippen LogP contribution >= 0.6 is 15.9 Å². The Hall–Kier alpha value is -0.620. The highest BCUT2D eigenvalue weighted by Crippen LogP contribution is 2.24. The molecule has 1 unspecified atom stereocenters. The SMILES string of the molecule is CCCNC(COCCOC)Cc1cc(Br)ccc1OC. The Kier molecular flexibility index (Phi) is 9.67. The molecule has 4 nitrogen and oxygen atoms in total. The van der Waals surface area contributed by atoms with E-state index in [1.165, 1.54) is 5.56 Å². The molecular formula is C16H26BrNO3.